The number of nitrogens with one attached hydrogen (secondary N) is 4. The molecule has 0 bridgehead atoms. The maximum Gasteiger partial charge on any atom is 0.209 e. The van der Waals surface area contributed by atoms with Crippen LogP contribution in [0.5, 0.6) is 0 Å². The van der Waals surface area contributed by atoms with E-state index in [9.17, 15) is 17.9 Å². The number of pyridine rings is 3. The van der Waals surface area contributed by atoms with Crippen molar-refractivity contribution in [1.29, 1.82) is 0 Å². The Balaban J connectivity index is 1.35. The summed E-state index contributed by atoms with van der Waals surface area (Å²) in [7, 11) is -3.44. The van der Waals surface area contributed by atoms with Crippen LogP contribution in [0.1, 0.15) is 25.8 Å². The minimum absolute atomic E-state index is 0.0347. The van der Waals surface area contributed by atoms with Crippen LogP contribution in [-0.4, -0.2) is 56.1 Å². The lowest BCUT2D eigenvalue weighted by molar-refractivity contribution is 0.176. The number of aromatic nitrogens is 6. The number of halogens is 1. The van der Waals surface area contributed by atoms with E-state index in [1.165, 1.54) is 12.1 Å². The highest BCUT2D eigenvalue weighted by molar-refractivity contribution is 7.88. The van der Waals surface area contributed by atoms with Crippen molar-refractivity contribution >= 4 is 37.6 Å². The highest BCUT2D eigenvalue weighted by atomic mass is 32.2. The van der Waals surface area contributed by atoms with E-state index in [2.05, 4.69) is 40.2 Å². The lowest BCUT2D eigenvalue weighted by atomic mass is 10.0. The van der Waals surface area contributed by atoms with Gasteiger partial charge in [0, 0.05) is 52.6 Å². The third kappa shape index (κ3) is 6.44. The van der Waals surface area contributed by atoms with Gasteiger partial charge in [-0.1, -0.05) is 13.8 Å². The first-order chi connectivity index (χ1) is 21.0. The lowest BCUT2D eigenvalue weighted by Crippen LogP contribution is -2.21. The number of H-pyrrole nitrogens is 2. The largest absolute Gasteiger partial charge is 0.374 e. The number of aliphatic hydroxyl groups is 1. The van der Waals surface area contributed by atoms with Crippen LogP contribution in [0.4, 0.5) is 10.1 Å². The Labute approximate surface area is 253 Å². The van der Waals surface area contributed by atoms with Crippen LogP contribution in [0.15, 0.2) is 67.4 Å². The number of fused-ring (bicyclic) bond motifs is 2. The molecule has 6 aromatic rings. The van der Waals surface area contributed by atoms with Gasteiger partial charge in [-0.15, -0.1) is 0 Å². The van der Waals surface area contributed by atoms with Gasteiger partial charge in [-0.05, 0) is 59.9 Å². The second kappa shape index (κ2) is 11.8. The molecule has 0 spiro atoms. The summed E-state index contributed by atoms with van der Waals surface area (Å²) >= 11 is 0. The molecule has 1 atom stereocenters. The Morgan fingerprint density at radius 3 is 2.52 bits per heavy atom. The average Bonchev–Trinajstić information content (AvgIpc) is 3.59. The van der Waals surface area contributed by atoms with Crippen molar-refractivity contribution in [3.05, 3.63) is 78.8 Å². The number of aromatic amines is 2. The number of rotatable bonds is 10. The molecular formula is C31H31FN8O3S. The molecule has 0 saturated carbocycles. The first-order valence-corrected chi connectivity index (χ1v) is 15.9. The molecule has 5 N–H and O–H groups in total. The number of anilines is 1. The summed E-state index contributed by atoms with van der Waals surface area (Å²) in [5.41, 5.74) is 6.75. The molecule has 226 valence electrons. The highest BCUT2D eigenvalue weighted by Gasteiger charge is 2.17. The zero-order valence-electron chi connectivity index (χ0n) is 24.3. The maximum atomic E-state index is 14.6. The molecule has 5 heterocycles. The maximum absolute atomic E-state index is 14.6. The van der Waals surface area contributed by atoms with Gasteiger partial charge < -0.3 is 15.4 Å². The van der Waals surface area contributed by atoms with Crippen molar-refractivity contribution in [3.8, 4) is 33.6 Å². The summed E-state index contributed by atoms with van der Waals surface area (Å²) in [5.74, 6) is -0.146. The van der Waals surface area contributed by atoms with Crippen LogP contribution in [0.25, 0.3) is 55.6 Å². The molecule has 5 aromatic heterocycles. The SMILES string of the molecule is CC(C)CC(O)Nc1cncc(-c2cnc3[nH]nc(-c4cc5c(-c6cc(F)cc(CNS(C)(=O)=O)c6)cncc5[nH]4)c3c2)c1. The van der Waals surface area contributed by atoms with E-state index in [0.717, 1.165) is 33.7 Å². The van der Waals surface area contributed by atoms with E-state index in [4.69, 9.17) is 0 Å². The fourth-order valence-corrected chi connectivity index (χ4v) is 5.60. The number of nitrogens with zero attached hydrogens (tertiary/aromatic N) is 4. The van der Waals surface area contributed by atoms with Gasteiger partial charge in [0.05, 0.1) is 35.5 Å². The topological polar surface area (TPSA) is 162 Å². The summed E-state index contributed by atoms with van der Waals surface area (Å²) in [6.45, 7) is 4.06. The smallest absolute Gasteiger partial charge is 0.209 e. The fraction of sp³-hybridized carbons (Fsp3) is 0.226. The number of hydrogen-bond acceptors (Lipinski definition) is 8. The monoisotopic (exact) mass is 614 g/mol. The molecule has 11 nitrogen and oxygen atoms in total. The molecule has 6 rings (SSSR count). The second-order valence-corrected chi connectivity index (χ2v) is 13.1. The van der Waals surface area contributed by atoms with Gasteiger partial charge in [-0.3, -0.25) is 15.1 Å². The molecule has 0 aliphatic heterocycles. The molecular weight excluding hydrogens is 583 g/mol. The van der Waals surface area contributed by atoms with Crippen molar-refractivity contribution < 1.29 is 17.9 Å². The predicted octanol–water partition coefficient (Wildman–Crippen LogP) is 5.19. The summed E-state index contributed by atoms with van der Waals surface area (Å²) in [6.07, 6.45) is 9.47. The van der Waals surface area contributed by atoms with E-state index in [0.29, 0.717) is 51.8 Å². The summed E-state index contributed by atoms with van der Waals surface area (Å²) in [4.78, 5) is 16.6. The van der Waals surface area contributed by atoms with E-state index in [1.54, 1.807) is 37.1 Å². The number of aliphatic hydroxyl groups excluding tert-OH is 1. The Bertz CT molecular complexity index is 2090. The summed E-state index contributed by atoms with van der Waals surface area (Å²) in [6, 6.07) is 10.3. The first kappa shape index (κ1) is 29.4. The van der Waals surface area contributed by atoms with Crippen molar-refractivity contribution in [1.82, 2.24) is 34.9 Å². The minimum Gasteiger partial charge on any atom is -0.374 e. The molecule has 0 aliphatic carbocycles. The molecule has 1 unspecified atom stereocenters. The van der Waals surface area contributed by atoms with E-state index < -0.39 is 22.1 Å². The van der Waals surface area contributed by atoms with Crippen LogP contribution < -0.4 is 10.0 Å². The van der Waals surface area contributed by atoms with Crippen molar-refractivity contribution in [2.24, 2.45) is 5.92 Å². The molecule has 0 fully saturated rings. The van der Waals surface area contributed by atoms with Gasteiger partial charge in [0.1, 0.15) is 17.7 Å². The number of sulfonamides is 1. The predicted molar refractivity (Wildman–Crippen MR) is 168 cm³/mol. The third-order valence-corrected chi connectivity index (χ3v) is 7.79. The number of hydrogen-bond donors (Lipinski definition) is 5. The Kier molecular flexibility index (Phi) is 7.84. The molecule has 13 heteroatoms. The van der Waals surface area contributed by atoms with Crippen LogP contribution in [0.2, 0.25) is 0 Å². The van der Waals surface area contributed by atoms with Gasteiger partial charge in [0.25, 0.3) is 0 Å². The van der Waals surface area contributed by atoms with Crippen LogP contribution in [-0.2, 0) is 16.6 Å². The molecule has 0 amide bonds. The highest BCUT2D eigenvalue weighted by Crippen LogP contribution is 2.35. The Morgan fingerprint density at radius 2 is 1.73 bits per heavy atom. The second-order valence-electron chi connectivity index (χ2n) is 11.2. The van der Waals surface area contributed by atoms with Crippen molar-refractivity contribution in [2.75, 3.05) is 11.6 Å². The molecule has 0 saturated heterocycles. The molecule has 1 aromatic carbocycles. The first-order valence-electron chi connectivity index (χ1n) is 14.0. The van der Waals surface area contributed by atoms with Gasteiger partial charge in [-0.2, -0.15) is 5.10 Å². The summed E-state index contributed by atoms with van der Waals surface area (Å²) in [5, 5.41) is 22.5. The van der Waals surface area contributed by atoms with Crippen molar-refractivity contribution in [3.63, 3.8) is 0 Å². The van der Waals surface area contributed by atoms with Crippen LogP contribution >= 0.6 is 0 Å². The van der Waals surface area contributed by atoms with Gasteiger partial charge in [0.2, 0.25) is 10.0 Å². The Hall–Kier alpha value is -4.72. The Morgan fingerprint density at radius 1 is 0.932 bits per heavy atom. The average molecular weight is 615 g/mol. The molecule has 0 radical (unpaired) electrons. The minimum atomic E-state index is -3.44. The lowest BCUT2D eigenvalue weighted by Gasteiger charge is -2.16. The fourth-order valence-electron chi connectivity index (χ4n) is 5.17. The van der Waals surface area contributed by atoms with Crippen LogP contribution in [0.3, 0.4) is 0 Å². The van der Waals surface area contributed by atoms with E-state index in [-0.39, 0.29) is 6.54 Å². The molecule has 44 heavy (non-hydrogen) atoms. The normalized spacial score (nSPS) is 12.8. The zero-order chi connectivity index (χ0) is 31.0. The number of benzene rings is 1. The van der Waals surface area contributed by atoms with E-state index >= 15 is 0 Å². The van der Waals surface area contributed by atoms with Crippen molar-refractivity contribution in [2.45, 2.75) is 33.0 Å². The van der Waals surface area contributed by atoms with Crippen LogP contribution in [0, 0.1) is 11.7 Å². The van der Waals surface area contributed by atoms with Gasteiger partial charge in [-0.25, -0.2) is 22.5 Å². The zero-order valence-corrected chi connectivity index (χ0v) is 25.1. The third-order valence-electron chi connectivity index (χ3n) is 7.12. The molecule has 0 aliphatic rings. The quantitative estimate of drug-likeness (QED) is 0.132. The summed E-state index contributed by atoms with van der Waals surface area (Å²) < 4.78 is 40.1. The van der Waals surface area contributed by atoms with Gasteiger partial charge >= 0.3 is 0 Å². The van der Waals surface area contributed by atoms with E-state index in [1.807, 2.05) is 32.0 Å². The van der Waals surface area contributed by atoms with Gasteiger partial charge in [0.15, 0.2) is 5.65 Å². The standard InChI is InChI=1S/C31H31FN8O3S/c1-17(2)4-29(41)37-23-8-20(12-33-14-23)21-9-25-30(39-40-31(25)35-13-21)27-10-24-26(15-34-16-28(24)38-27)19-5-18(6-22(32)7-19)11-36-44(3,42)43/h5-10,12-17,29,36-38,41H,4,11H2,1-3H3,(H,35,39,40).